The highest BCUT2D eigenvalue weighted by atomic mass is 31.2. The molecule has 0 aliphatic carbocycles. The van der Waals surface area contributed by atoms with Crippen LogP contribution in [0.4, 0.5) is 0 Å². The third-order valence-corrected chi connectivity index (χ3v) is 11.7. The van der Waals surface area contributed by atoms with Crippen molar-refractivity contribution in [3.63, 3.8) is 0 Å². The minimum Gasteiger partial charge on any atom is -0.455 e. The molecule has 0 saturated carbocycles. The number of ether oxygens (including phenoxy) is 1. The summed E-state index contributed by atoms with van der Waals surface area (Å²) >= 11 is 0. The molecule has 9 heteroatoms. The van der Waals surface area contributed by atoms with E-state index in [1.165, 1.54) is 0 Å². The fourth-order valence-electron chi connectivity index (χ4n) is 5.64. The maximum Gasteiger partial charge on any atom is 0.466 e. The Morgan fingerprint density at radius 3 is 1.00 bits per heavy atom. The monoisotopic (exact) mass is 674 g/mol. The fourth-order valence-corrected chi connectivity index (χ4v) is 9.07. The van der Waals surface area contributed by atoms with Crippen molar-refractivity contribution >= 4 is 25.8 Å². The van der Waals surface area contributed by atoms with Crippen molar-refractivity contribution in [2.45, 2.75) is 19.3 Å². The molecule has 48 heavy (non-hydrogen) atoms. The third-order valence-electron chi connectivity index (χ3n) is 8.00. The Morgan fingerprint density at radius 2 is 0.708 bits per heavy atom. The van der Waals surface area contributed by atoms with E-state index in [2.05, 4.69) is 0 Å². The molecule has 0 fully saturated rings. The summed E-state index contributed by atoms with van der Waals surface area (Å²) in [7, 11) is -8.33. The van der Waals surface area contributed by atoms with Crippen LogP contribution in [0.15, 0.2) is 158 Å². The third kappa shape index (κ3) is 6.11. The first-order chi connectivity index (χ1) is 23.3. The van der Waals surface area contributed by atoms with E-state index >= 15 is 9.13 Å². The molecule has 0 atom stereocenters. The Morgan fingerprint density at radius 1 is 0.417 bits per heavy atom. The predicted octanol–water partition coefficient (Wildman–Crippen LogP) is 10.1. The number of hydrogen-bond acceptors (Lipinski definition) is 7. The number of rotatable bonds is 10. The minimum absolute atomic E-state index is 0.212. The van der Waals surface area contributed by atoms with Crippen LogP contribution in [0.5, 0.6) is 34.5 Å². The first kappa shape index (κ1) is 31.4. The van der Waals surface area contributed by atoms with Crippen LogP contribution in [0.1, 0.15) is 25.0 Å². The molecule has 0 unspecified atom stereocenters. The molecule has 0 aromatic heterocycles. The Hall–Kier alpha value is -5.22. The summed E-state index contributed by atoms with van der Waals surface area (Å²) in [5.41, 5.74) is 0.797. The minimum atomic E-state index is -4.17. The van der Waals surface area contributed by atoms with Crippen molar-refractivity contribution in [1.82, 2.24) is 0 Å². The van der Waals surface area contributed by atoms with Gasteiger partial charge in [0.2, 0.25) is 0 Å². The van der Waals surface area contributed by atoms with E-state index in [9.17, 15) is 0 Å². The van der Waals surface area contributed by atoms with E-state index in [1.54, 1.807) is 109 Å². The Bertz CT molecular complexity index is 1890. The van der Waals surface area contributed by atoms with Gasteiger partial charge in [0.05, 0.1) is 0 Å². The van der Waals surface area contributed by atoms with E-state index in [4.69, 9.17) is 22.8 Å². The van der Waals surface area contributed by atoms with Crippen LogP contribution in [-0.2, 0) is 14.5 Å². The standard InChI is InChI=1S/C39H32O7P2/c1-39(2)33-25-15-27-35(47(40,43-29-17-7-3-8-18-29)44-30-19-9-4-10-20-30)37(33)42-38-34(39)26-16-28-36(38)48(41,45-31-21-11-5-12-22-31)46-32-23-13-6-14-24-32/h3-28H,1-2H3. The van der Waals surface area contributed by atoms with Crippen LogP contribution in [0, 0.1) is 0 Å². The van der Waals surface area contributed by atoms with Gasteiger partial charge in [-0.25, -0.2) is 9.13 Å². The summed E-state index contributed by atoms with van der Waals surface area (Å²) in [6.45, 7) is 4.06. The average molecular weight is 675 g/mol. The number of para-hydroxylation sites is 6. The number of hydrogen-bond donors (Lipinski definition) is 0. The van der Waals surface area contributed by atoms with E-state index in [0.717, 1.165) is 11.1 Å². The smallest absolute Gasteiger partial charge is 0.455 e. The number of benzene rings is 6. The quantitative estimate of drug-likeness (QED) is 0.134. The van der Waals surface area contributed by atoms with Gasteiger partial charge in [0.1, 0.15) is 45.1 Å². The Balaban J connectivity index is 1.39. The van der Waals surface area contributed by atoms with Gasteiger partial charge in [0.25, 0.3) is 0 Å². The van der Waals surface area contributed by atoms with Crippen LogP contribution in [0.2, 0.25) is 0 Å². The maximum atomic E-state index is 15.1. The fraction of sp³-hybridized carbons (Fsp3) is 0.0769. The van der Waals surface area contributed by atoms with Gasteiger partial charge in [0, 0.05) is 16.5 Å². The lowest BCUT2D eigenvalue weighted by Gasteiger charge is -2.37. The van der Waals surface area contributed by atoms with Crippen molar-refractivity contribution in [3.8, 4) is 34.5 Å². The molecule has 1 aliphatic rings. The lowest BCUT2D eigenvalue weighted by molar-refractivity contribution is 0.388. The zero-order valence-corrected chi connectivity index (χ0v) is 28.1. The summed E-state index contributed by atoms with van der Waals surface area (Å²) in [4.78, 5) is 0. The normalized spacial score (nSPS) is 13.3. The second-order valence-corrected chi connectivity index (χ2v) is 15.3. The highest BCUT2D eigenvalue weighted by molar-refractivity contribution is 7.63. The zero-order valence-electron chi connectivity index (χ0n) is 26.3. The SMILES string of the molecule is CC1(C)c2cccc(P(=O)(Oc3ccccc3)Oc3ccccc3)c2Oc2c1cccc2P(=O)(Oc1ccccc1)Oc1ccccc1. The summed E-state index contributed by atoms with van der Waals surface area (Å²) in [6, 6.07) is 46.3. The molecule has 6 aromatic carbocycles. The van der Waals surface area contributed by atoms with Crippen molar-refractivity contribution in [3.05, 3.63) is 169 Å². The molecule has 0 spiro atoms. The predicted molar refractivity (Wildman–Crippen MR) is 188 cm³/mol. The second-order valence-electron chi connectivity index (χ2n) is 11.6. The molecule has 0 N–H and O–H groups in total. The van der Waals surface area contributed by atoms with E-state index in [1.807, 2.05) is 62.4 Å². The lowest BCUT2D eigenvalue weighted by Crippen LogP contribution is -2.32. The highest BCUT2D eigenvalue weighted by Crippen LogP contribution is 2.57. The molecule has 0 bridgehead atoms. The van der Waals surface area contributed by atoms with E-state index < -0.39 is 20.6 Å². The molecule has 1 heterocycles. The van der Waals surface area contributed by atoms with Crippen molar-refractivity contribution < 1.29 is 32.0 Å². The van der Waals surface area contributed by atoms with Crippen molar-refractivity contribution in [2.75, 3.05) is 0 Å². The van der Waals surface area contributed by atoms with Gasteiger partial charge in [-0.15, -0.1) is 0 Å². The molecule has 0 radical (unpaired) electrons. The summed E-state index contributed by atoms with van der Waals surface area (Å²) in [5.74, 6) is 2.02. The maximum absolute atomic E-state index is 15.1. The van der Waals surface area contributed by atoms with Crippen LogP contribution in [0.25, 0.3) is 0 Å². The first-order valence-corrected chi connectivity index (χ1v) is 18.5. The van der Waals surface area contributed by atoms with Gasteiger partial charge < -0.3 is 22.8 Å². The second kappa shape index (κ2) is 12.8. The van der Waals surface area contributed by atoms with Crippen molar-refractivity contribution in [1.29, 1.82) is 0 Å². The molecule has 240 valence electrons. The summed E-state index contributed by atoms with van der Waals surface area (Å²) in [6.07, 6.45) is 0. The largest absolute Gasteiger partial charge is 0.466 e. The first-order valence-electron chi connectivity index (χ1n) is 15.4. The van der Waals surface area contributed by atoms with Gasteiger partial charge >= 0.3 is 15.2 Å². The van der Waals surface area contributed by atoms with Gasteiger partial charge in [-0.2, -0.15) is 0 Å². The molecule has 7 rings (SSSR count). The molecule has 0 saturated heterocycles. The molecular weight excluding hydrogens is 642 g/mol. The number of fused-ring (bicyclic) bond motifs is 2. The van der Waals surface area contributed by atoms with E-state index in [0.29, 0.717) is 23.0 Å². The van der Waals surface area contributed by atoms with E-state index in [-0.39, 0.29) is 22.1 Å². The molecule has 7 nitrogen and oxygen atoms in total. The van der Waals surface area contributed by atoms with Gasteiger partial charge in [-0.3, -0.25) is 0 Å². The molecule has 1 aliphatic heterocycles. The Kier molecular flexibility index (Phi) is 8.35. The summed E-state index contributed by atoms with van der Waals surface area (Å²) in [5, 5.41) is 0.424. The van der Waals surface area contributed by atoms with Gasteiger partial charge in [-0.1, -0.05) is 111 Å². The summed E-state index contributed by atoms with van der Waals surface area (Å²) < 4.78 is 61.8. The zero-order chi connectivity index (χ0) is 33.2. The van der Waals surface area contributed by atoms with Crippen LogP contribution in [0.3, 0.4) is 0 Å². The van der Waals surface area contributed by atoms with Crippen LogP contribution in [-0.4, -0.2) is 0 Å². The molecule has 6 aromatic rings. The lowest BCUT2D eigenvalue weighted by atomic mass is 9.76. The highest BCUT2D eigenvalue weighted by Gasteiger charge is 2.46. The molecule has 0 amide bonds. The van der Waals surface area contributed by atoms with Crippen molar-refractivity contribution in [2.24, 2.45) is 0 Å². The van der Waals surface area contributed by atoms with Gasteiger partial charge in [-0.05, 0) is 60.7 Å². The molecular formula is C39H32O7P2. The average Bonchev–Trinajstić information content (AvgIpc) is 3.09. The van der Waals surface area contributed by atoms with Crippen LogP contribution < -0.4 is 33.4 Å². The van der Waals surface area contributed by atoms with Crippen LogP contribution >= 0.6 is 15.2 Å². The Labute approximate surface area is 279 Å². The topological polar surface area (TPSA) is 80.3 Å². The van der Waals surface area contributed by atoms with Gasteiger partial charge in [0.15, 0.2) is 0 Å².